The Morgan fingerprint density at radius 3 is 3.33 bits per heavy atom. The molecule has 1 N–H and O–H groups in total. The average Bonchev–Trinajstić information content (AvgIpc) is 2.35. The van der Waals surface area contributed by atoms with E-state index in [9.17, 15) is 0 Å². The molecule has 46 valence electrons. The van der Waals surface area contributed by atoms with Gasteiger partial charge in [-0.15, -0.1) is 11.3 Å². The van der Waals surface area contributed by atoms with Gasteiger partial charge in [0.1, 0.15) is 9.98 Å². The summed E-state index contributed by atoms with van der Waals surface area (Å²) >= 11 is 7.28. The van der Waals surface area contributed by atoms with Gasteiger partial charge < -0.3 is 0 Å². The van der Waals surface area contributed by atoms with E-state index in [4.69, 9.17) is 11.6 Å². The zero-order chi connectivity index (χ0) is 6.27. The summed E-state index contributed by atoms with van der Waals surface area (Å²) in [5.41, 5.74) is 0. The van der Waals surface area contributed by atoms with E-state index in [1.54, 1.807) is 11.3 Å². The van der Waals surface area contributed by atoms with Crippen LogP contribution in [-0.2, 0) is 0 Å². The van der Waals surface area contributed by atoms with Crippen molar-refractivity contribution in [3.05, 3.63) is 16.6 Å². The lowest BCUT2D eigenvalue weighted by atomic mass is 10.5. The normalized spacial score (nSPS) is 10.8. The molecule has 0 bridgehead atoms. The van der Waals surface area contributed by atoms with Gasteiger partial charge in [0.05, 0.1) is 0 Å². The third kappa shape index (κ3) is 0.653. The number of hydrogen-bond donors (Lipinski definition) is 1. The van der Waals surface area contributed by atoms with Gasteiger partial charge in [0.15, 0.2) is 0 Å². The molecule has 2 heterocycles. The van der Waals surface area contributed by atoms with E-state index in [2.05, 4.69) is 10.2 Å². The monoisotopic (exact) mass is 158 g/mol. The second kappa shape index (κ2) is 1.72. The van der Waals surface area contributed by atoms with Crippen LogP contribution in [0.3, 0.4) is 0 Å². The van der Waals surface area contributed by atoms with Gasteiger partial charge in [0.2, 0.25) is 0 Å². The summed E-state index contributed by atoms with van der Waals surface area (Å²) in [7, 11) is 0. The Hall–Kier alpha value is -0.540. The number of aromatic nitrogens is 2. The first-order valence-corrected chi connectivity index (χ1v) is 3.71. The van der Waals surface area contributed by atoms with Gasteiger partial charge in [-0.2, -0.15) is 5.10 Å². The largest absolute Gasteiger partial charge is 0.265 e. The molecule has 0 atom stereocenters. The summed E-state index contributed by atoms with van der Waals surface area (Å²) in [6.45, 7) is 0. The van der Waals surface area contributed by atoms with Crippen LogP contribution < -0.4 is 0 Å². The highest BCUT2D eigenvalue weighted by molar-refractivity contribution is 7.16. The van der Waals surface area contributed by atoms with Gasteiger partial charge in [-0.3, -0.25) is 5.10 Å². The van der Waals surface area contributed by atoms with E-state index < -0.39 is 0 Å². The van der Waals surface area contributed by atoms with Gasteiger partial charge in [-0.05, 0) is 11.4 Å². The lowest BCUT2D eigenvalue weighted by Gasteiger charge is -1.71. The number of rotatable bonds is 0. The van der Waals surface area contributed by atoms with Crippen molar-refractivity contribution in [2.75, 3.05) is 0 Å². The van der Waals surface area contributed by atoms with Crippen molar-refractivity contribution in [2.45, 2.75) is 0 Å². The maximum Gasteiger partial charge on any atom is 0.146 e. The smallest absolute Gasteiger partial charge is 0.146 e. The zero-order valence-electron chi connectivity index (χ0n) is 4.39. The van der Waals surface area contributed by atoms with Crippen LogP contribution in [0.4, 0.5) is 0 Å². The molecule has 0 spiro atoms. The van der Waals surface area contributed by atoms with Crippen molar-refractivity contribution in [2.24, 2.45) is 0 Å². The molecule has 2 rings (SSSR count). The fourth-order valence-corrected chi connectivity index (χ4v) is 1.69. The van der Waals surface area contributed by atoms with Crippen molar-refractivity contribution >= 4 is 33.2 Å². The number of fused-ring (bicyclic) bond motifs is 1. The summed E-state index contributed by atoms with van der Waals surface area (Å²) in [5, 5.41) is 10.2. The molecule has 0 radical (unpaired) electrons. The minimum atomic E-state index is 0.631. The Morgan fingerprint density at radius 2 is 2.56 bits per heavy atom. The predicted octanol–water partition coefficient (Wildman–Crippen LogP) is 2.28. The lowest BCUT2D eigenvalue weighted by Crippen LogP contribution is -1.61. The molecule has 0 aliphatic heterocycles. The summed E-state index contributed by atoms with van der Waals surface area (Å²) in [5.74, 6) is 0. The summed E-state index contributed by atoms with van der Waals surface area (Å²) in [6, 6.07) is 1.95. The van der Waals surface area contributed by atoms with Crippen molar-refractivity contribution in [3.63, 3.8) is 0 Å². The molecule has 0 saturated carbocycles. The van der Waals surface area contributed by atoms with Gasteiger partial charge in [-0.1, -0.05) is 11.6 Å². The molecule has 0 aromatic carbocycles. The Labute approximate surface area is 60.5 Å². The van der Waals surface area contributed by atoms with Crippen LogP contribution in [-0.4, -0.2) is 10.2 Å². The molecular weight excluding hydrogens is 156 g/mol. The molecular formula is C5H3ClN2S. The summed E-state index contributed by atoms with van der Waals surface area (Å²) in [4.78, 5) is 0.972. The van der Waals surface area contributed by atoms with Crippen LogP contribution in [0.5, 0.6) is 0 Å². The summed E-state index contributed by atoms with van der Waals surface area (Å²) < 4.78 is 0. The van der Waals surface area contributed by atoms with Gasteiger partial charge in [0, 0.05) is 5.39 Å². The van der Waals surface area contributed by atoms with Crippen molar-refractivity contribution < 1.29 is 0 Å². The molecule has 4 heteroatoms. The van der Waals surface area contributed by atoms with Crippen molar-refractivity contribution in [3.8, 4) is 0 Å². The van der Waals surface area contributed by atoms with E-state index >= 15 is 0 Å². The van der Waals surface area contributed by atoms with Gasteiger partial charge in [-0.25, -0.2) is 0 Å². The van der Waals surface area contributed by atoms with Gasteiger partial charge >= 0.3 is 0 Å². The maximum atomic E-state index is 5.70. The molecule has 0 unspecified atom stereocenters. The first-order chi connectivity index (χ1) is 4.38. The SMILES string of the molecule is Clc1[nH]nc2sccc12. The number of hydrogen-bond acceptors (Lipinski definition) is 2. The van der Waals surface area contributed by atoms with Crippen LogP contribution in [0, 0.1) is 0 Å². The molecule has 0 saturated heterocycles. The molecule has 2 aromatic rings. The second-order valence-electron chi connectivity index (χ2n) is 1.68. The van der Waals surface area contributed by atoms with Crippen LogP contribution >= 0.6 is 22.9 Å². The Morgan fingerprint density at radius 1 is 1.67 bits per heavy atom. The first kappa shape index (κ1) is 5.26. The number of H-pyrrole nitrogens is 1. The highest BCUT2D eigenvalue weighted by Crippen LogP contribution is 2.23. The number of nitrogens with zero attached hydrogens (tertiary/aromatic N) is 1. The summed E-state index contributed by atoms with van der Waals surface area (Å²) in [6.07, 6.45) is 0. The minimum Gasteiger partial charge on any atom is -0.265 e. The fourth-order valence-electron chi connectivity index (χ4n) is 0.715. The molecule has 2 aromatic heterocycles. The number of nitrogens with one attached hydrogen (secondary N) is 1. The maximum absolute atomic E-state index is 5.70. The molecule has 9 heavy (non-hydrogen) atoms. The lowest BCUT2D eigenvalue weighted by molar-refractivity contribution is 1.13. The standard InChI is InChI=1S/C5H3ClN2S/c6-4-3-1-2-9-5(3)8-7-4/h1-2H,(H,7,8). The van der Waals surface area contributed by atoms with E-state index in [-0.39, 0.29) is 0 Å². The topological polar surface area (TPSA) is 28.7 Å². The number of halogens is 1. The van der Waals surface area contributed by atoms with Crippen molar-refractivity contribution in [1.29, 1.82) is 0 Å². The van der Waals surface area contributed by atoms with E-state index in [0.29, 0.717) is 5.15 Å². The Kier molecular flexibility index (Phi) is 1.00. The van der Waals surface area contributed by atoms with E-state index in [0.717, 1.165) is 10.2 Å². The Bertz CT molecular complexity index is 324. The number of aromatic amines is 1. The van der Waals surface area contributed by atoms with E-state index in [1.807, 2.05) is 11.4 Å². The Balaban J connectivity index is 2.99. The zero-order valence-corrected chi connectivity index (χ0v) is 5.96. The quantitative estimate of drug-likeness (QED) is 0.626. The molecule has 0 aliphatic rings. The average molecular weight is 159 g/mol. The third-order valence-corrected chi connectivity index (χ3v) is 2.23. The van der Waals surface area contributed by atoms with Crippen LogP contribution in [0.15, 0.2) is 11.4 Å². The van der Waals surface area contributed by atoms with Crippen molar-refractivity contribution in [1.82, 2.24) is 10.2 Å². The van der Waals surface area contributed by atoms with Crippen LogP contribution in [0.1, 0.15) is 0 Å². The molecule has 0 aliphatic carbocycles. The van der Waals surface area contributed by atoms with E-state index in [1.165, 1.54) is 0 Å². The molecule has 2 nitrogen and oxygen atoms in total. The third-order valence-electron chi connectivity index (χ3n) is 1.14. The van der Waals surface area contributed by atoms with Gasteiger partial charge in [0.25, 0.3) is 0 Å². The number of thiophene rings is 1. The second-order valence-corrected chi connectivity index (χ2v) is 2.95. The van der Waals surface area contributed by atoms with Crippen LogP contribution in [0.2, 0.25) is 5.15 Å². The molecule has 0 amide bonds. The molecule has 0 fully saturated rings. The van der Waals surface area contributed by atoms with Crippen LogP contribution in [0.25, 0.3) is 10.2 Å². The minimum absolute atomic E-state index is 0.631. The first-order valence-electron chi connectivity index (χ1n) is 2.45. The highest BCUT2D eigenvalue weighted by Gasteiger charge is 2.00. The highest BCUT2D eigenvalue weighted by atomic mass is 35.5. The fraction of sp³-hybridized carbons (Fsp3) is 0. The predicted molar refractivity (Wildman–Crippen MR) is 39.0 cm³/mol.